The smallest absolute Gasteiger partial charge is 0.149 e. The number of nitrogens with one attached hydrogen (secondary N) is 1. The molecule has 0 saturated heterocycles. The predicted molar refractivity (Wildman–Crippen MR) is 61.0 cm³/mol. The molecule has 1 aromatic carbocycles. The van der Waals surface area contributed by atoms with E-state index in [1.165, 1.54) is 0 Å². The van der Waals surface area contributed by atoms with E-state index in [1.54, 1.807) is 6.26 Å². The number of benzene rings is 1. The Morgan fingerprint density at radius 1 is 1.13 bits per heavy atom. The van der Waals surface area contributed by atoms with E-state index < -0.39 is 0 Å². The van der Waals surface area contributed by atoms with E-state index >= 15 is 0 Å². The zero-order valence-electron chi connectivity index (χ0n) is 8.47. The number of nitrogens with zero attached hydrogens (tertiary/aromatic N) is 1. The van der Waals surface area contributed by atoms with Crippen LogP contribution in [0.2, 0.25) is 0 Å². The molecule has 0 radical (unpaired) electrons. The topological polar surface area (TPSA) is 37.5 Å². The monoisotopic (exact) mass is 200 g/mol. The molecule has 1 N–H and O–H groups in total. The number of anilines is 1. The van der Waals surface area contributed by atoms with Crippen LogP contribution in [0.15, 0.2) is 58.2 Å². The van der Waals surface area contributed by atoms with Crippen LogP contribution in [0.3, 0.4) is 0 Å². The SMILES string of the molecule is C/C(=N/Nc1ccccc1)c1ccco1. The molecule has 0 atom stereocenters. The second kappa shape index (κ2) is 4.46. The summed E-state index contributed by atoms with van der Waals surface area (Å²) < 4.78 is 5.21. The van der Waals surface area contributed by atoms with E-state index in [-0.39, 0.29) is 0 Å². The van der Waals surface area contributed by atoms with Gasteiger partial charge in [-0.05, 0) is 31.2 Å². The summed E-state index contributed by atoms with van der Waals surface area (Å²) in [5.41, 5.74) is 4.75. The molecule has 0 spiro atoms. The molecule has 1 heterocycles. The maximum atomic E-state index is 5.21. The summed E-state index contributed by atoms with van der Waals surface area (Å²) in [5.74, 6) is 0.776. The molecular formula is C12H12N2O. The second-order valence-electron chi connectivity index (χ2n) is 3.15. The molecule has 1 aromatic heterocycles. The standard InChI is InChI=1S/C12H12N2O/c1-10(12-8-5-9-15-12)13-14-11-6-3-2-4-7-11/h2-9,14H,1H3/b13-10-. The fourth-order valence-electron chi connectivity index (χ4n) is 1.20. The molecule has 0 bridgehead atoms. The van der Waals surface area contributed by atoms with E-state index in [0.717, 1.165) is 17.2 Å². The number of furan rings is 1. The molecule has 0 aliphatic carbocycles. The first-order valence-electron chi connectivity index (χ1n) is 4.75. The van der Waals surface area contributed by atoms with Crippen molar-refractivity contribution in [2.75, 3.05) is 5.43 Å². The molecule has 76 valence electrons. The molecule has 3 nitrogen and oxygen atoms in total. The van der Waals surface area contributed by atoms with Crippen LogP contribution in [0, 0.1) is 0 Å². The zero-order valence-corrected chi connectivity index (χ0v) is 8.47. The van der Waals surface area contributed by atoms with Gasteiger partial charge in [0.15, 0.2) is 0 Å². The summed E-state index contributed by atoms with van der Waals surface area (Å²) in [6, 6.07) is 13.5. The van der Waals surface area contributed by atoms with Crippen molar-refractivity contribution >= 4 is 11.4 Å². The van der Waals surface area contributed by atoms with Gasteiger partial charge in [0.05, 0.1) is 12.0 Å². The molecule has 2 rings (SSSR count). The molecule has 0 unspecified atom stereocenters. The van der Waals surface area contributed by atoms with E-state index in [0.29, 0.717) is 0 Å². The third-order valence-corrected chi connectivity index (χ3v) is 2.00. The van der Waals surface area contributed by atoms with Crippen molar-refractivity contribution in [3.63, 3.8) is 0 Å². The molecule has 3 heteroatoms. The highest BCUT2D eigenvalue weighted by Crippen LogP contribution is 2.06. The van der Waals surface area contributed by atoms with Gasteiger partial charge in [0.2, 0.25) is 0 Å². The van der Waals surface area contributed by atoms with Gasteiger partial charge < -0.3 is 4.42 Å². The molecule has 0 aliphatic rings. The van der Waals surface area contributed by atoms with Gasteiger partial charge in [-0.3, -0.25) is 5.43 Å². The van der Waals surface area contributed by atoms with Crippen molar-refractivity contribution in [1.82, 2.24) is 0 Å². The Morgan fingerprint density at radius 2 is 1.93 bits per heavy atom. The van der Waals surface area contributed by atoms with Gasteiger partial charge in [-0.1, -0.05) is 18.2 Å². The first kappa shape index (κ1) is 9.52. The third kappa shape index (κ3) is 2.47. The molecule has 0 saturated carbocycles. The first-order valence-corrected chi connectivity index (χ1v) is 4.75. The quantitative estimate of drug-likeness (QED) is 0.610. The lowest BCUT2D eigenvalue weighted by molar-refractivity contribution is 0.557. The van der Waals surface area contributed by atoms with Gasteiger partial charge in [-0.15, -0.1) is 0 Å². The lowest BCUT2D eigenvalue weighted by Gasteiger charge is -2.00. The van der Waals surface area contributed by atoms with Gasteiger partial charge in [0.25, 0.3) is 0 Å². The van der Waals surface area contributed by atoms with Crippen LogP contribution in [0.4, 0.5) is 5.69 Å². The maximum Gasteiger partial charge on any atom is 0.149 e. The van der Waals surface area contributed by atoms with Crippen LogP contribution in [0.1, 0.15) is 12.7 Å². The van der Waals surface area contributed by atoms with Gasteiger partial charge in [-0.25, -0.2) is 0 Å². The van der Waals surface area contributed by atoms with E-state index in [4.69, 9.17) is 4.42 Å². The van der Waals surface area contributed by atoms with Crippen molar-refractivity contribution < 1.29 is 4.42 Å². The summed E-state index contributed by atoms with van der Waals surface area (Å²) in [5, 5.41) is 4.21. The van der Waals surface area contributed by atoms with Gasteiger partial charge in [0.1, 0.15) is 11.5 Å². The van der Waals surface area contributed by atoms with Crippen LogP contribution in [-0.4, -0.2) is 5.71 Å². The number of rotatable bonds is 3. The minimum atomic E-state index is 0.776. The normalized spacial score (nSPS) is 11.4. The highest BCUT2D eigenvalue weighted by Gasteiger charge is 1.98. The number of hydrazone groups is 1. The zero-order chi connectivity index (χ0) is 10.5. The summed E-state index contributed by atoms with van der Waals surface area (Å²) in [6.07, 6.45) is 1.64. The van der Waals surface area contributed by atoms with Crippen LogP contribution in [0.25, 0.3) is 0 Å². The van der Waals surface area contributed by atoms with Crippen LogP contribution >= 0.6 is 0 Å². The first-order chi connectivity index (χ1) is 7.36. The Hall–Kier alpha value is -2.03. The van der Waals surface area contributed by atoms with Gasteiger partial charge in [0, 0.05) is 0 Å². The number of para-hydroxylation sites is 1. The summed E-state index contributed by atoms with van der Waals surface area (Å²) in [7, 11) is 0. The number of hydrogen-bond acceptors (Lipinski definition) is 3. The van der Waals surface area contributed by atoms with Crippen molar-refractivity contribution in [3.05, 3.63) is 54.5 Å². The highest BCUT2D eigenvalue weighted by molar-refractivity contribution is 5.96. The fraction of sp³-hybridized carbons (Fsp3) is 0.0833. The Labute approximate surface area is 88.4 Å². The highest BCUT2D eigenvalue weighted by atomic mass is 16.3. The Morgan fingerprint density at radius 3 is 2.60 bits per heavy atom. The van der Waals surface area contributed by atoms with Crippen molar-refractivity contribution in [3.8, 4) is 0 Å². The predicted octanol–water partition coefficient (Wildman–Crippen LogP) is 3.12. The van der Waals surface area contributed by atoms with Crippen molar-refractivity contribution in [1.29, 1.82) is 0 Å². The van der Waals surface area contributed by atoms with Crippen LogP contribution in [-0.2, 0) is 0 Å². The van der Waals surface area contributed by atoms with E-state index in [2.05, 4.69) is 10.5 Å². The van der Waals surface area contributed by atoms with Crippen molar-refractivity contribution in [2.24, 2.45) is 5.10 Å². The largest absolute Gasteiger partial charge is 0.463 e. The molecule has 15 heavy (non-hydrogen) atoms. The summed E-state index contributed by atoms with van der Waals surface area (Å²) in [6.45, 7) is 1.90. The summed E-state index contributed by atoms with van der Waals surface area (Å²) in [4.78, 5) is 0. The lowest BCUT2D eigenvalue weighted by atomic mass is 10.3. The third-order valence-electron chi connectivity index (χ3n) is 2.00. The lowest BCUT2D eigenvalue weighted by Crippen LogP contribution is -1.97. The summed E-state index contributed by atoms with van der Waals surface area (Å²) >= 11 is 0. The van der Waals surface area contributed by atoms with Crippen molar-refractivity contribution in [2.45, 2.75) is 6.92 Å². The Bertz CT molecular complexity index is 432. The maximum absolute atomic E-state index is 5.21. The molecule has 0 aliphatic heterocycles. The molecule has 0 amide bonds. The van der Waals surface area contributed by atoms with Gasteiger partial charge in [-0.2, -0.15) is 5.10 Å². The molecule has 0 fully saturated rings. The Balaban J connectivity index is 2.06. The average molecular weight is 200 g/mol. The number of hydrogen-bond donors (Lipinski definition) is 1. The van der Waals surface area contributed by atoms with E-state index in [1.807, 2.05) is 49.4 Å². The van der Waals surface area contributed by atoms with Crippen LogP contribution in [0.5, 0.6) is 0 Å². The molecular weight excluding hydrogens is 188 g/mol. The minimum absolute atomic E-state index is 0.776. The average Bonchev–Trinajstić information content (AvgIpc) is 2.81. The fourth-order valence-corrected chi connectivity index (χ4v) is 1.20. The molecule has 2 aromatic rings. The second-order valence-corrected chi connectivity index (χ2v) is 3.15. The Kier molecular flexibility index (Phi) is 2.83. The van der Waals surface area contributed by atoms with E-state index in [9.17, 15) is 0 Å². The minimum Gasteiger partial charge on any atom is -0.463 e. The van der Waals surface area contributed by atoms with Gasteiger partial charge >= 0.3 is 0 Å². The van der Waals surface area contributed by atoms with Crippen LogP contribution < -0.4 is 5.43 Å².